The largest absolute Gasteiger partial charge is 0.357 e. The van der Waals surface area contributed by atoms with Gasteiger partial charge in [-0.05, 0) is 45.7 Å². The van der Waals surface area contributed by atoms with Gasteiger partial charge in [0.1, 0.15) is 0 Å². The third-order valence-corrected chi connectivity index (χ3v) is 5.33. The predicted molar refractivity (Wildman–Crippen MR) is 117 cm³/mol. The zero-order chi connectivity index (χ0) is 20.6. The van der Waals surface area contributed by atoms with Crippen molar-refractivity contribution in [1.82, 2.24) is 25.7 Å². The lowest BCUT2D eigenvalue weighted by Crippen LogP contribution is -2.49. The summed E-state index contributed by atoms with van der Waals surface area (Å²) >= 11 is 6.03. The Morgan fingerprint density at radius 3 is 2.83 bits per heavy atom. The number of aliphatic imine (C=N–C) groups is 1. The van der Waals surface area contributed by atoms with Gasteiger partial charge in [-0.15, -0.1) is 0 Å². The molecule has 2 heterocycles. The van der Waals surface area contributed by atoms with Gasteiger partial charge < -0.3 is 20.1 Å². The van der Waals surface area contributed by atoms with E-state index in [1.807, 2.05) is 24.3 Å². The van der Waals surface area contributed by atoms with Crippen molar-refractivity contribution < 1.29 is 4.52 Å². The zero-order valence-corrected chi connectivity index (χ0v) is 18.2. The van der Waals surface area contributed by atoms with Gasteiger partial charge in [0.05, 0.1) is 6.54 Å². The summed E-state index contributed by atoms with van der Waals surface area (Å²) in [5, 5.41) is 11.6. The van der Waals surface area contributed by atoms with E-state index in [1.165, 1.54) is 0 Å². The van der Waals surface area contributed by atoms with E-state index in [0.717, 1.165) is 44.0 Å². The summed E-state index contributed by atoms with van der Waals surface area (Å²) in [6, 6.07) is 8.51. The minimum atomic E-state index is 0.459. The maximum absolute atomic E-state index is 6.03. The third-order valence-electron chi connectivity index (χ3n) is 5.09. The minimum Gasteiger partial charge on any atom is -0.357 e. The lowest BCUT2D eigenvalue weighted by molar-refractivity contribution is 0.167. The number of nitrogens with one attached hydrogen (secondary N) is 2. The van der Waals surface area contributed by atoms with Crippen molar-refractivity contribution in [3.8, 4) is 11.4 Å². The molecule has 2 N–H and O–H groups in total. The SMILES string of the molecule is CCNC(=NCCc1nc(-c2cccc(Cl)c2)no1)NC1CCN(C(C)C)CC1. The van der Waals surface area contributed by atoms with Crippen LogP contribution in [0.15, 0.2) is 33.8 Å². The van der Waals surface area contributed by atoms with Crippen LogP contribution in [0.4, 0.5) is 0 Å². The van der Waals surface area contributed by atoms with Gasteiger partial charge in [-0.3, -0.25) is 4.99 Å². The van der Waals surface area contributed by atoms with Gasteiger partial charge >= 0.3 is 0 Å². The Morgan fingerprint density at radius 2 is 2.14 bits per heavy atom. The Kier molecular flexibility index (Phi) is 7.89. The van der Waals surface area contributed by atoms with Crippen LogP contribution in [0.1, 0.15) is 39.5 Å². The summed E-state index contributed by atoms with van der Waals surface area (Å²) in [6.07, 6.45) is 2.86. The minimum absolute atomic E-state index is 0.459. The van der Waals surface area contributed by atoms with Crippen LogP contribution in [0.2, 0.25) is 5.02 Å². The smallest absolute Gasteiger partial charge is 0.228 e. The number of hydrogen-bond donors (Lipinski definition) is 2. The molecule has 3 rings (SSSR count). The summed E-state index contributed by atoms with van der Waals surface area (Å²) in [7, 11) is 0. The predicted octanol–water partition coefficient (Wildman–Crippen LogP) is 3.36. The van der Waals surface area contributed by atoms with E-state index in [-0.39, 0.29) is 0 Å². The topological polar surface area (TPSA) is 78.6 Å². The molecule has 1 fully saturated rings. The number of guanidine groups is 1. The molecule has 0 saturated carbocycles. The highest BCUT2D eigenvalue weighted by Crippen LogP contribution is 2.20. The lowest BCUT2D eigenvalue weighted by Gasteiger charge is -2.35. The first-order valence-electron chi connectivity index (χ1n) is 10.4. The molecular formula is C21H31ClN6O. The number of nitrogens with zero attached hydrogens (tertiary/aromatic N) is 4. The Labute approximate surface area is 177 Å². The van der Waals surface area contributed by atoms with Crippen molar-refractivity contribution in [3.63, 3.8) is 0 Å². The second kappa shape index (κ2) is 10.6. The fourth-order valence-corrected chi connectivity index (χ4v) is 3.63. The van der Waals surface area contributed by atoms with Crippen molar-refractivity contribution in [3.05, 3.63) is 35.2 Å². The van der Waals surface area contributed by atoms with Gasteiger partial charge in [0, 0.05) is 48.7 Å². The second-order valence-corrected chi connectivity index (χ2v) is 8.02. The Bertz CT molecular complexity index is 798. The molecule has 0 unspecified atom stereocenters. The quantitative estimate of drug-likeness (QED) is 0.530. The van der Waals surface area contributed by atoms with Crippen LogP contribution in [-0.4, -0.2) is 59.3 Å². The molecule has 158 valence electrons. The van der Waals surface area contributed by atoms with Crippen molar-refractivity contribution in [2.45, 2.75) is 52.1 Å². The van der Waals surface area contributed by atoms with E-state index in [0.29, 0.717) is 41.8 Å². The van der Waals surface area contributed by atoms with E-state index in [1.54, 1.807) is 0 Å². The van der Waals surface area contributed by atoms with Crippen LogP contribution in [0.5, 0.6) is 0 Å². The second-order valence-electron chi connectivity index (χ2n) is 7.58. The van der Waals surface area contributed by atoms with Crippen LogP contribution < -0.4 is 10.6 Å². The van der Waals surface area contributed by atoms with Crippen LogP contribution in [0, 0.1) is 0 Å². The monoisotopic (exact) mass is 418 g/mol. The van der Waals surface area contributed by atoms with Gasteiger partial charge in [0.15, 0.2) is 5.96 Å². The number of aromatic nitrogens is 2. The fourth-order valence-electron chi connectivity index (χ4n) is 3.44. The summed E-state index contributed by atoms with van der Waals surface area (Å²) in [4.78, 5) is 11.7. The average molecular weight is 419 g/mol. The maximum atomic E-state index is 6.03. The molecule has 0 spiro atoms. The number of piperidine rings is 1. The summed E-state index contributed by atoms with van der Waals surface area (Å²) in [5.41, 5.74) is 0.846. The normalized spacial score (nSPS) is 16.4. The number of hydrogen-bond acceptors (Lipinski definition) is 5. The number of halogens is 1. The molecule has 1 aliphatic rings. The highest BCUT2D eigenvalue weighted by molar-refractivity contribution is 6.30. The maximum Gasteiger partial charge on any atom is 0.228 e. The number of benzene rings is 1. The molecular weight excluding hydrogens is 388 g/mol. The molecule has 8 heteroatoms. The molecule has 1 aliphatic heterocycles. The summed E-state index contributed by atoms with van der Waals surface area (Å²) in [5.74, 6) is 1.98. The van der Waals surface area contributed by atoms with Gasteiger partial charge in [0.2, 0.25) is 11.7 Å². The fraction of sp³-hybridized carbons (Fsp3) is 0.571. The van der Waals surface area contributed by atoms with Gasteiger partial charge in [0.25, 0.3) is 0 Å². The van der Waals surface area contributed by atoms with E-state index in [9.17, 15) is 0 Å². The van der Waals surface area contributed by atoms with Crippen LogP contribution in [0.25, 0.3) is 11.4 Å². The van der Waals surface area contributed by atoms with Crippen molar-refractivity contribution >= 4 is 17.6 Å². The molecule has 1 aromatic carbocycles. The number of likely N-dealkylation sites (tertiary alicyclic amines) is 1. The first-order valence-corrected chi connectivity index (χ1v) is 10.8. The Morgan fingerprint density at radius 1 is 1.34 bits per heavy atom. The Hall–Kier alpha value is -2.12. The first-order chi connectivity index (χ1) is 14.0. The average Bonchev–Trinajstić information content (AvgIpc) is 3.17. The standard InChI is InChI=1S/C21H31ClN6O/c1-4-23-21(25-18-9-12-28(13-10-18)15(2)3)24-11-8-19-26-20(27-29-19)16-6-5-7-17(22)14-16/h5-7,14-15,18H,4,8-13H2,1-3H3,(H2,23,24,25). The van der Waals surface area contributed by atoms with E-state index in [2.05, 4.69) is 51.4 Å². The lowest BCUT2D eigenvalue weighted by atomic mass is 10.0. The highest BCUT2D eigenvalue weighted by Gasteiger charge is 2.21. The molecule has 29 heavy (non-hydrogen) atoms. The molecule has 0 atom stereocenters. The van der Waals surface area contributed by atoms with Gasteiger partial charge in [-0.25, -0.2) is 0 Å². The summed E-state index contributed by atoms with van der Waals surface area (Å²) in [6.45, 7) is 10.3. The Balaban J connectivity index is 1.52. The van der Waals surface area contributed by atoms with E-state index in [4.69, 9.17) is 16.1 Å². The molecule has 0 bridgehead atoms. The van der Waals surface area contributed by atoms with Gasteiger partial charge in [-0.1, -0.05) is 28.9 Å². The van der Waals surface area contributed by atoms with Crippen LogP contribution in [0.3, 0.4) is 0 Å². The molecule has 0 aliphatic carbocycles. The molecule has 2 aromatic rings. The van der Waals surface area contributed by atoms with E-state index >= 15 is 0 Å². The third kappa shape index (κ3) is 6.44. The summed E-state index contributed by atoms with van der Waals surface area (Å²) < 4.78 is 5.37. The highest BCUT2D eigenvalue weighted by atomic mass is 35.5. The van der Waals surface area contributed by atoms with Crippen molar-refractivity contribution in [2.24, 2.45) is 4.99 Å². The molecule has 0 radical (unpaired) electrons. The molecule has 1 aromatic heterocycles. The number of rotatable bonds is 7. The van der Waals surface area contributed by atoms with Crippen LogP contribution in [-0.2, 0) is 6.42 Å². The molecule has 1 saturated heterocycles. The molecule has 0 amide bonds. The molecule has 7 nitrogen and oxygen atoms in total. The zero-order valence-electron chi connectivity index (χ0n) is 17.5. The van der Waals surface area contributed by atoms with Crippen molar-refractivity contribution in [2.75, 3.05) is 26.2 Å². The van der Waals surface area contributed by atoms with Crippen molar-refractivity contribution in [1.29, 1.82) is 0 Å². The van der Waals surface area contributed by atoms with E-state index < -0.39 is 0 Å². The van der Waals surface area contributed by atoms with Gasteiger partial charge in [-0.2, -0.15) is 4.98 Å². The first kappa shape index (κ1) is 21.6. The van der Waals surface area contributed by atoms with Crippen LogP contribution >= 0.6 is 11.6 Å².